The van der Waals surface area contributed by atoms with E-state index >= 15 is 0 Å². The Labute approximate surface area is 212 Å². The Kier molecular flexibility index (Phi) is 5.89. The molecule has 2 aromatic carbocycles. The number of rotatable bonds is 3. The summed E-state index contributed by atoms with van der Waals surface area (Å²) in [5, 5.41) is 14.6. The van der Waals surface area contributed by atoms with E-state index in [0.717, 1.165) is 15.1 Å². The maximum Gasteiger partial charge on any atom is 0.259 e. The summed E-state index contributed by atoms with van der Waals surface area (Å²) in [5.74, 6) is 0.662. The van der Waals surface area contributed by atoms with Crippen LogP contribution in [0, 0.1) is 12.7 Å². The van der Waals surface area contributed by atoms with Gasteiger partial charge in [-0.2, -0.15) is 0 Å². The molecule has 0 spiro atoms. The van der Waals surface area contributed by atoms with Crippen LogP contribution in [0.25, 0.3) is 26.9 Å². The zero-order valence-electron chi connectivity index (χ0n) is 20.7. The molecule has 0 fully saturated rings. The van der Waals surface area contributed by atoms with E-state index < -0.39 is 11.4 Å². The molecule has 0 unspecified atom stereocenters. The van der Waals surface area contributed by atoms with E-state index in [2.05, 4.69) is 5.32 Å². The van der Waals surface area contributed by atoms with Gasteiger partial charge in [0.25, 0.3) is 5.56 Å². The third-order valence-electron chi connectivity index (χ3n) is 6.18. The van der Waals surface area contributed by atoms with Gasteiger partial charge in [0, 0.05) is 41.7 Å². The fraction of sp³-hybridized carbons (Fsp3) is 0.250. The number of nitrogens with zero attached hydrogens (tertiary/aromatic N) is 1. The van der Waals surface area contributed by atoms with Gasteiger partial charge in [-0.15, -0.1) is 11.3 Å². The highest BCUT2D eigenvalue weighted by molar-refractivity contribution is 7.20. The van der Waals surface area contributed by atoms with Gasteiger partial charge in [0.05, 0.1) is 21.6 Å². The molecule has 0 aliphatic carbocycles. The maximum atomic E-state index is 14.4. The average molecular weight is 507 g/mol. The molecule has 4 aromatic rings. The lowest BCUT2D eigenvalue weighted by Gasteiger charge is -2.22. The maximum absolute atomic E-state index is 14.4. The van der Waals surface area contributed by atoms with Crippen molar-refractivity contribution in [2.45, 2.75) is 33.3 Å². The molecule has 0 atom stereocenters. The topological polar surface area (TPSA) is 72.7 Å². The third-order valence-corrected chi connectivity index (χ3v) is 7.38. The monoisotopic (exact) mass is 506 g/mol. The second-order valence-corrected chi connectivity index (χ2v) is 10.5. The van der Waals surface area contributed by atoms with E-state index in [0.29, 0.717) is 45.8 Å². The molecule has 2 bridgehead atoms. The Balaban J connectivity index is 1.90. The van der Waals surface area contributed by atoms with Crippen LogP contribution in [0.1, 0.15) is 36.8 Å². The lowest BCUT2D eigenvalue weighted by molar-refractivity contribution is 0.0786. The molecule has 0 saturated heterocycles. The van der Waals surface area contributed by atoms with Crippen molar-refractivity contribution < 1.29 is 19.0 Å². The van der Waals surface area contributed by atoms with E-state index in [1.54, 1.807) is 50.7 Å². The summed E-state index contributed by atoms with van der Waals surface area (Å²) in [6.45, 7) is 7.77. The number of aromatic nitrogens is 1. The molecular formula is C28H27FN2O4S. The van der Waals surface area contributed by atoms with Gasteiger partial charge in [-0.25, -0.2) is 4.39 Å². The van der Waals surface area contributed by atoms with Gasteiger partial charge in [-0.3, -0.25) is 4.79 Å². The first-order chi connectivity index (χ1) is 17.1. The van der Waals surface area contributed by atoms with E-state index in [9.17, 15) is 14.3 Å². The highest BCUT2D eigenvalue weighted by Gasteiger charge is 2.24. The van der Waals surface area contributed by atoms with Gasteiger partial charge in [0.2, 0.25) is 0 Å². The summed E-state index contributed by atoms with van der Waals surface area (Å²) in [4.78, 5) is 13.9. The van der Waals surface area contributed by atoms with Crippen LogP contribution in [-0.4, -0.2) is 16.2 Å². The molecule has 186 valence electrons. The molecule has 0 radical (unpaired) electrons. The van der Waals surface area contributed by atoms with Gasteiger partial charge in [-0.05, 0) is 63.1 Å². The van der Waals surface area contributed by atoms with Gasteiger partial charge in [-0.1, -0.05) is 6.07 Å². The molecule has 2 aromatic heterocycles. The number of nitrogens with one attached hydrogen (secondary N) is 1. The molecule has 1 aliphatic heterocycles. The quantitative estimate of drug-likeness (QED) is 0.355. The minimum Gasteiger partial charge on any atom is -0.459 e. The molecule has 1 aliphatic rings. The number of halogens is 1. The molecule has 2 N–H and O–H groups in total. The molecule has 6 nitrogen and oxygen atoms in total. The Morgan fingerprint density at radius 2 is 1.92 bits per heavy atom. The van der Waals surface area contributed by atoms with E-state index in [1.807, 2.05) is 19.1 Å². The average Bonchev–Trinajstić information content (AvgIpc) is 3.25. The Hall–Kier alpha value is -3.62. The van der Waals surface area contributed by atoms with Crippen LogP contribution in [0.4, 0.5) is 4.39 Å². The minimum atomic E-state index is -1.10. The number of aliphatic hydroxyl groups is 1. The van der Waals surface area contributed by atoms with Gasteiger partial charge in [0.15, 0.2) is 11.5 Å². The fourth-order valence-electron chi connectivity index (χ4n) is 4.31. The zero-order chi connectivity index (χ0) is 25.8. The molecular weight excluding hydrogens is 479 g/mol. The molecule has 0 saturated carbocycles. The lowest BCUT2D eigenvalue weighted by atomic mass is 9.93. The zero-order valence-corrected chi connectivity index (χ0v) is 21.5. The van der Waals surface area contributed by atoms with Crippen LogP contribution in [0.15, 0.2) is 53.7 Å². The van der Waals surface area contributed by atoms with Gasteiger partial charge in [0.1, 0.15) is 17.8 Å². The summed E-state index contributed by atoms with van der Waals surface area (Å²) in [6, 6.07) is 9.98. The summed E-state index contributed by atoms with van der Waals surface area (Å²) < 4.78 is 29.1. The van der Waals surface area contributed by atoms with E-state index in [4.69, 9.17) is 9.47 Å². The number of fused-ring (bicyclic) bond motifs is 4. The fourth-order valence-corrected chi connectivity index (χ4v) is 5.47. The molecule has 3 heterocycles. The van der Waals surface area contributed by atoms with Crippen LogP contribution < -0.4 is 20.3 Å². The molecule has 36 heavy (non-hydrogen) atoms. The predicted octanol–water partition coefficient (Wildman–Crippen LogP) is 6.03. The van der Waals surface area contributed by atoms with Gasteiger partial charge >= 0.3 is 0 Å². The van der Waals surface area contributed by atoms with Crippen molar-refractivity contribution in [3.8, 4) is 28.4 Å². The van der Waals surface area contributed by atoms with Crippen molar-refractivity contribution in [3.05, 3.63) is 81.0 Å². The summed E-state index contributed by atoms with van der Waals surface area (Å²) in [7, 11) is 1.72. The van der Waals surface area contributed by atoms with Crippen LogP contribution in [-0.2, 0) is 12.6 Å². The van der Waals surface area contributed by atoms with Crippen LogP contribution in [0.3, 0.4) is 0 Å². The van der Waals surface area contributed by atoms with E-state index in [1.165, 1.54) is 29.7 Å². The number of ether oxygens (including phenoxy) is 2. The van der Waals surface area contributed by atoms with Crippen molar-refractivity contribution >= 4 is 27.1 Å². The lowest BCUT2D eigenvalue weighted by Crippen LogP contribution is -2.17. The van der Waals surface area contributed by atoms with Crippen molar-refractivity contribution in [2.24, 2.45) is 7.05 Å². The largest absolute Gasteiger partial charge is 0.459 e. The normalized spacial score (nSPS) is 13.1. The standard InChI is InChI=1S/C28H27FN2O4S/c1-6-30-21-14-34-23-11-17(29)9-15(2)25(23)35-22-8-7-16(28(3,4)33)10-18(22)20-13-31(5)27(32)19-12-24(21)36-26(19)20/h7-14,30,33H,6H2,1-5H3. The van der Waals surface area contributed by atoms with Crippen molar-refractivity contribution in [1.82, 2.24) is 9.88 Å². The highest BCUT2D eigenvalue weighted by atomic mass is 32.1. The van der Waals surface area contributed by atoms with E-state index in [-0.39, 0.29) is 11.3 Å². The smallest absolute Gasteiger partial charge is 0.259 e. The number of thiophene rings is 1. The van der Waals surface area contributed by atoms with Gasteiger partial charge < -0.3 is 24.5 Å². The van der Waals surface area contributed by atoms with Crippen LogP contribution in [0.2, 0.25) is 0 Å². The minimum absolute atomic E-state index is 0.120. The van der Waals surface area contributed by atoms with Crippen molar-refractivity contribution in [2.75, 3.05) is 6.54 Å². The Bertz CT molecular complexity index is 1590. The Morgan fingerprint density at radius 1 is 1.14 bits per heavy atom. The molecule has 0 amide bonds. The van der Waals surface area contributed by atoms with Crippen molar-refractivity contribution in [3.63, 3.8) is 0 Å². The first-order valence-electron chi connectivity index (χ1n) is 11.7. The first kappa shape index (κ1) is 24.1. The number of hydrogen-bond donors (Lipinski definition) is 2. The predicted molar refractivity (Wildman–Crippen MR) is 141 cm³/mol. The summed E-state index contributed by atoms with van der Waals surface area (Å²) in [5.41, 5.74) is 2.21. The number of pyridine rings is 1. The highest BCUT2D eigenvalue weighted by Crippen LogP contribution is 2.45. The number of benzene rings is 2. The molecule has 5 rings (SSSR count). The second kappa shape index (κ2) is 8.80. The first-order valence-corrected chi connectivity index (χ1v) is 12.5. The third kappa shape index (κ3) is 4.16. The SMILES string of the molecule is CCNC1=COc2cc(F)cc(C)c2Oc2ccc(C(C)(C)O)cc2-c2cn(C)c(=O)c3cc1sc23. The second-order valence-electron chi connectivity index (χ2n) is 9.41. The summed E-state index contributed by atoms with van der Waals surface area (Å²) in [6.07, 6.45) is 3.32. The van der Waals surface area contributed by atoms with Crippen LogP contribution in [0.5, 0.6) is 17.2 Å². The van der Waals surface area contributed by atoms with Crippen LogP contribution >= 0.6 is 11.3 Å². The molecule has 8 heteroatoms. The number of hydrogen-bond acceptors (Lipinski definition) is 6. The summed E-state index contributed by atoms with van der Waals surface area (Å²) >= 11 is 1.46. The van der Waals surface area contributed by atoms with Crippen molar-refractivity contribution in [1.29, 1.82) is 0 Å². The Morgan fingerprint density at radius 3 is 2.64 bits per heavy atom. The number of aryl methyl sites for hydroxylation is 2.